The SMILES string of the molecule is CN(C)CCn1ncc(Br)c1C1CCC(C(=O)O)N1. The van der Waals surface area contributed by atoms with Crippen molar-refractivity contribution in [2.24, 2.45) is 0 Å². The Balaban J connectivity index is 2.11. The molecule has 0 bridgehead atoms. The van der Waals surface area contributed by atoms with Crippen LogP contribution >= 0.6 is 15.9 Å². The predicted molar refractivity (Wildman–Crippen MR) is 75.0 cm³/mol. The van der Waals surface area contributed by atoms with Gasteiger partial charge in [-0.3, -0.25) is 14.8 Å². The molecule has 19 heavy (non-hydrogen) atoms. The normalized spacial score (nSPS) is 23.2. The highest BCUT2D eigenvalue weighted by molar-refractivity contribution is 9.10. The molecule has 7 heteroatoms. The van der Waals surface area contributed by atoms with Gasteiger partial charge in [0.2, 0.25) is 0 Å². The van der Waals surface area contributed by atoms with Crippen LogP contribution in [0.15, 0.2) is 10.7 Å². The fraction of sp³-hybridized carbons (Fsp3) is 0.667. The average Bonchev–Trinajstić information content (AvgIpc) is 2.92. The zero-order valence-electron chi connectivity index (χ0n) is 11.1. The molecular weight excluding hydrogens is 312 g/mol. The van der Waals surface area contributed by atoms with Gasteiger partial charge in [-0.1, -0.05) is 0 Å². The number of halogens is 1. The minimum Gasteiger partial charge on any atom is -0.480 e. The standard InChI is InChI=1S/C12H19BrN4O2/c1-16(2)5-6-17-11(8(13)7-14-17)9-3-4-10(15-9)12(18)19/h7,9-10,15H,3-6H2,1-2H3,(H,18,19). The molecule has 1 saturated heterocycles. The first-order valence-corrected chi connectivity index (χ1v) is 7.13. The molecular formula is C12H19BrN4O2. The van der Waals surface area contributed by atoms with Crippen LogP contribution in [0.1, 0.15) is 24.6 Å². The Kier molecular flexibility index (Phi) is 4.59. The maximum absolute atomic E-state index is 11.0. The topological polar surface area (TPSA) is 70.4 Å². The Hall–Kier alpha value is -0.920. The number of carbonyl (C=O) groups is 1. The molecule has 1 aromatic heterocycles. The summed E-state index contributed by atoms with van der Waals surface area (Å²) in [5, 5.41) is 16.6. The number of rotatable bonds is 5. The van der Waals surface area contributed by atoms with Crippen LogP contribution in [-0.2, 0) is 11.3 Å². The van der Waals surface area contributed by atoms with E-state index in [0.29, 0.717) is 6.42 Å². The van der Waals surface area contributed by atoms with Crippen molar-refractivity contribution in [1.29, 1.82) is 0 Å². The summed E-state index contributed by atoms with van der Waals surface area (Å²) in [4.78, 5) is 13.1. The van der Waals surface area contributed by atoms with Gasteiger partial charge >= 0.3 is 5.97 Å². The van der Waals surface area contributed by atoms with E-state index in [2.05, 4.69) is 31.2 Å². The highest BCUT2D eigenvalue weighted by atomic mass is 79.9. The summed E-state index contributed by atoms with van der Waals surface area (Å²) in [5.41, 5.74) is 1.05. The second-order valence-electron chi connectivity index (χ2n) is 5.09. The second-order valence-corrected chi connectivity index (χ2v) is 5.95. The molecule has 1 aliphatic heterocycles. The summed E-state index contributed by atoms with van der Waals surface area (Å²) < 4.78 is 2.89. The van der Waals surface area contributed by atoms with Crippen LogP contribution in [0, 0.1) is 0 Å². The number of hydrogen-bond donors (Lipinski definition) is 2. The van der Waals surface area contributed by atoms with E-state index in [1.165, 1.54) is 0 Å². The van der Waals surface area contributed by atoms with E-state index in [0.717, 1.165) is 29.7 Å². The van der Waals surface area contributed by atoms with E-state index in [1.807, 2.05) is 18.8 Å². The monoisotopic (exact) mass is 330 g/mol. The lowest BCUT2D eigenvalue weighted by atomic mass is 10.1. The molecule has 0 spiro atoms. The van der Waals surface area contributed by atoms with Gasteiger partial charge in [0.15, 0.2) is 0 Å². The maximum Gasteiger partial charge on any atom is 0.320 e. The lowest BCUT2D eigenvalue weighted by Gasteiger charge is -2.17. The largest absolute Gasteiger partial charge is 0.480 e. The summed E-state index contributed by atoms with van der Waals surface area (Å²) >= 11 is 3.51. The molecule has 0 aliphatic carbocycles. The van der Waals surface area contributed by atoms with Gasteiger partial charge in [-0.05, 0) is 42.9 Å². The summed E-state index contributed by atoms with van der Waals surface area (Å²) in [6.45, 7) is 1.69. The molecule has 1 fully saturated rings. The van der Waals surface area contributed by atoms with E-state index in [1.54, 1.807) is 6.20 Å². The van der Waals surface area contributed by atoms with Crippen LogP contribution in [-0.4, -0.2) is 52.4 Å². The number of likely N-dealkylation sites (N-methyl/N-ethyl adjacent to an activating group) is 1. The van der Waals surface area contributed by atoms with Gasteiger partial charge in [-0.2, -0.15) is 5.10 Å². The minimum atomic E-state index is -0.780. The molecule has 6 nitrogen and oxygen atoms in total. The molecule has 2 rings (SSSR count). The van der Waals surface area contributed by atoms with E-state index >= 15 is 0 Å². The molecule has 2 N–H and O–H groups in total. The van der Waals surface area contributed by atoms with E-state index < -0.39 is 12.0 Å². The highest BCUT2D eigenvalue weighted by Gasteiger charge is 2.32. The van der Waals surface area contributed by atoms with Gasteiger partial charge in [0.1, 0.15) is 6.04 Å². The van der Waals surface area contributed by atoms with Crippen LogP contribution in [0.25, 0.3) is 0 Å². The maximum atomic E-state index is 11.0. The van der Waals surface area contributed by atoms with Crippen molar-refractivity contribution in [3.8, 4) is 0 Å². The fourth-order valence-corrected chi connectivity index (χ4v) is 2.92. The molecule has 2 heterocycles. The first-order valence-electron chi connectivity index (χ1n) is 6.34. The summed E-state index contributed by atoms with van der Waals surface area (Å²) in [5.74, 6) is -0.780. The van der Waals surface area contributed by atoms with Gasteiger partial charge in [0, 0.05) is 6.54 Å². The second kappa shape index (κ2) is 6.02. The van der Waals surface area contributed by atoms with Crippen LogP contribution in [0.3, 0.4) is 0 Å². The summed E-state index contributed by atoms with van der Waals surface area (Å²) in [7, 11) is 4.04. The van der Waals surface area contributed by atoms with Crippen molar-refractivity contribution < 1.29 is 9.90 Å². The van der Waals surface area contributed by atoms with Crippen molar-refractivity contribution in [3.05, 3.63) is 16.4 Å². The van der Waals surface area contributed by atoms with E-state index in [4.69, 9.17) is 5.11 Å². The molecule has 0 radical (unpaired) electrons. The molecule has 0 saturated carbocycles. The van der Waals surface area contributed by atoms with Crippen molar-refractivity contribution >= 4 is 21.9 Å². The third-order valence-corrected chi connectivity index (χ3v) is 3.98. The number of hydrogen-bond acceptors (Lipinski definition) is 4. The Morgan fingerprint density at radius 1 is 1.63 bits per heavy atom. The Morgan fingerprint density at radius 2 is 2.37 bits per heavy atom. The van der Waals surface area contributed by atoms with Gasteiger partial charge in [0.05, 0.1) is 29.0 Å². The van der Waals surface area contributed by atoms with Crippen molar-refractivity contribution in [3.63, 3.8) is 0 Å². The van der Waals surface area contributed by atoms with Crippen LogP contribution in [0.2, 0.25) is 0 Å². The van der Waals surface area contributed by atoms with Gasteiger partial charge in [0.25, 0.3) is 0 Å². The zero-order chi connectivity index (χ0) is 14.0. The average molecular weight is 331 g/mol. The predicted octanol–water partition coefficient (Wildman–Crippen LogP) is 1.08. The molecule has 1 aliphatic rings. The van der Waals surface area contributed by atoms with Crippen LogP contribution in [0.5, 0.6) is 0 Å². The lowest BCUT2D eigenvalue weighted by molar-refractivity contribution is -0.139. The molecule has 1 aromatic rings. The van der Waals surface area contributed by atoms with Gasteiger partial charge < -0.3 is 10.0 Å². The smallest absolute Gasteiger partial charge is 0.320 e. The highest BCUT2D eigenvalue weighted by Crippen LogP contribution is 2.31. The lowest BCUT2D eigenvalue weighted by Crippen LogP contribution is -2.33. The van der Waals surface area contributed by atoms with E-state index in [-0.39, 0.29) is 6.04 Å². The molecule has 2 unspecified atom stereocenters. The third kappa shape index (κ3) is 3.34. The van der Waals surface area contributed by atoms with Crippen molar-refractivity contribution in [2.75, 3.05) is 20.6 Å². The number of nitrogens with one attached hydrogen (secondary N) is 1. The van der Waals surface area contributed by atoms with Crippen molar-refractivity contribution in [1.82, 2.24) is 20.0 Å². The summed E-state index contributed by atoms with van der Waals surface area (Å²) in [6, 6.07) is -0.394. The van der Waals surface area contributed by atoms with Crippen LogP contribution < -0.4 is 5.32 Å². The number of aliphatic carboxylic acids is 1. The van der Waals surface area contributed by atoms with Crippen molar-refractivity contribution in [2.45, 2.75) is 31.5 Å². The third-order valence-electron chi connectivity index (χ3n) is 3.37. The zero-order valence-corrected chi connectivity index (χ0v) is 12.7. The van der Waals surface area contributed by atoms with Gasteiger partial charge in [-0.25, -0.2) is 0 Å². The number of carboxylic acids is 1. The quantitative estimate of drug-likeness (QED) is 0.845. The number of carboxylic acid groups (broad SMARTS) is 1. The first-order chi connectivity index (χ1) is 8.99. The Bertz CT molecular complexity index is 461. The molecule has 2 atom stereocenters. The van der Waals surface area contributed by atoms with E-state index in [9.17, 15) is 4.79 Å². The Labute approximate surface area is 120 Å². The molecule has 0 aromatic carbocycles. The van der Waals surface area contributed by atoms with Crippen LogP contribution in [0.4, 0.5) is 0 Å². The number of nitrogens with zero attached hydrogens (tertiary/aromatic N) is 3. The summed E-state index contributed by atoms with van der Waals surface area (Å²) in [6.07, 6.45) is 3.26. The molecule has 0 amide bonds. The van der Waals surface area contributed by atoms with Gasteiger partial charge in [-0.15, -0.1) is 0 Å². The first kappa shape index (κ1) is 14.5. The number of aromatic nitrogens is 2. The Morgan fingerprint density at radius 3 is 2.95 bits per heavy atom. The molecule has 106 valence electrons. The fourth-order valence-electron chi connectivity index (χ4n) is 2.34. The minimum absolute atomic E-state index is 0.0557.